The zero-order valence-corrected chi connectivity index (χ0v) is 9.08. The van der Waals surface area contributed by atoms with Crippen LogP contribution in [0.5, 0.6) is 0 Å². The summed E-state index contributed by atoms with van der Waals surface area (Å²) in [5.74, 6) is 0. The average Bonchev–Trinajstić information content (AvgIpc) is 2.17. The van der Waals surface area contributed by atoms with Gasteiger partial charge < -0.3 is 4.90 Å². The van der Waals surface area contributed by atoms with E-state index in [0.29, 0.717) is 0 Å². The van der Waals surface area contributed by atoms with E-state index >= 15 is 0 Å². The Morgan fingerprint density at radius 1 is 1.14 bits per heavy atom. The molecule has 2 rings (SSSR count). The Labute approximate surface area is 90.0 Å². The van der Waals surface area contributed by atoms with Gasteiger partial charge in [0.15, 0.2) is 0 Å². The number of para-hydroxylation sites is 1. The predicted molar refractivity (Wildman–Crippen MR) is 63.3 cm³/mol. The molecule has 2 aromatic rings. The number of aromatic nitrogens is 1. The van der Waals surface area contributed by atoms with E-state index in [0.717, 1.165) is 11.2 Å². The second kappa shape index (κ2) is 4.29. The van der Waals surface area contributed by atoms with Crippen LogP contribution in [0, 0.1) is 0 Å². The topological polar surface area (TPSA) is 16.1 Å². The minimum atomic E-state index is 0. The Hall–Kier alpha value is -1.28. The number of pyridine rings is 1. The second-order valence-electron chi connectivity index (χ2n) is 3.28. The van der Waals surface area contributed by atoms with E-state index in [1.54, 1.807) is 0 Å². The molecular weight excluding hydrogens is 196 g/mol. The summed E-state index contributed by atoms with van der Waals surface area (Å²) < 4.78 is 0. The molecule has 74 valence electrons. The standard InChI is InChI=1S/C11H12N2.ClH/c1-13(2)10-7-9-5-3-4-6-11(9)12-8-10;/h3-8H,1-2H3;1H. The second-order valence-corrected chi connectivity index (χ2v) is 3.28. The summed E-state index contributed by atoms with van der Waals surface area (Å²) in [6.45, 7) is 0. The molecule has 0 saturated heterocycles. The van der Waals surface area contributed by atoms with Crippen LogP contribution in [0.25, 0.3) is 10.9 Å². The zero-order valence-electron chi connectivity index (χ0n) is 8.27. The summed E-state index contributed by atoms with van der Waals surface area (Å²) >= 11 is 0. The Kier molecular flexibility index (Phi) is 3.31. The van der Waals surface area contributed by atoms with Gasteiger partial charge in [-0.25, -0.2) is 0 Å². The van der Waals surface area contributed by atoms with E-state index < -0.39 is 0 Å². The highest BCUT2D eigenvalue weighted by Crippen LogP contribution is 2.17. The van der Waals surface area contributed by atoms with Gasteiger partial charge in [-0.1, -0.05) is 18.2 Å². The first-order chi connectivity index (χ1) is 6.27. The predicted octanol–water partition coefficient (Wildman–Crippen LogP) is 2.72. The number of fused-ring (bicyclic) bond motifs is 1. The van der Waals surface area contributed by atoms with Gasteiger partial charge in [-0.3, -0.25) is 4.98 Å². The lowest BCUT2D eigenvalue weighted by Gasteiger charge is -2.11. The fraction of sp³-hybridized carbons (Fsp3) is 0.182. The van der Waals surface area contributed by atoms with Crippen molar-refractivity contribution >= 4 is 29.0 Å². The van der Waals surface area contributed by atoms with Gasteiger partial charge in [0.2, 0.25) is 0 Å². The Balaban J connectivity index is 0.000000980. The first kappa shape index (κ1) is 10.8. The van der Waals surface area contributed by atoms with E-state index in [1.165, 1.54) is 5.39 Å². The summed E-state index contributed by atoms with van der Waals surface area (Å²) in [5, 5.41) is 1.19. The molecule has 0 bridgehead atoms. The Morgan fingerprint density at radius 2 is 1.86 bits per heavy atom. The number of benzene rings is 1. The van der Waals surface area contributed by atoms with Crippen LogP contribution in [0.1, 0.15) is 0 Å². The third-order valence-corrected chi connectivity index (χ3v) is 2.09. The van der Waals surface area contributed by atoms with Crippen LogP contribution in [0.4, 0.5) is 5.69 Å². The number of anilines is 1. The highest BCUT2D eigenvalue weighted by molar-refractivity contribution is 5.85. The van der Waals surface area contributed by atoms with Gasteiger partial charge in [0.05, 0.1) is 17.4 Å². The maximum atomic E-state index is 4.36. The smallest absolute Gasteiger partial charge is 0.0703 e. The largest absolute Gasteiger partial charge is 0.376 e. The zero-order chi connectivity index (χ0) is 9.26. The summed E-state index contributed by atoms with van der Waals surface area (Å²) in [6.07, 6.45) is 1.89. The van der Waals surface area contributed by atoms with Crippen molar-refractivity contribution in [3.05, 3.63) is 36.5 Å². The minimum Gasteiger partial charge on any atom is -0.376 e. The lowest BCUT2D eigenvalue weighted by Crippen LogP contribution is -2.08. The van der Waals surface area contributed by atoms with Crippen molar-refractivity contribution in [1.29, 1.82) is 0 Å². The van der Waals surface area contributed by atoms with Gasteiger partial charge in [0.1, 0.15) is 0 Å². The third kappa shape index (κ3) is 1.96. The van der Waals surface area contributed by atoms with E-state index in [4.69, 9.17) is 0 Å². The minimum absolute atomic E-state index is 0. The van der Waals surface area contributed by atoms with Gasteiger partial charge in [0, 0.05) is 19.5 Å². The number of hydrogen-bond acceptors (Lipinski definition) is 2. The first-order valence-electron chi connectivity index (χ1n) is 4.29. The van der Waals surface area contributed by atoms with Crippen LogP contribution < -0.4 is 4.90 Å². The molecule has 0 aliphatic carbocycles. The van der Waals surface area contributed by atoms with Gasteiger partial charge in [0.25, 0.3) is 0 Å². The van der Waals surface area contributed by atoms with Crippen LogP contribution in [0.15, 0.2) is 36.5 Å². The summed E-state index contributed by atoms with van der Waals surface area (Å²) in [5.41, 5.74) is 2.19. The fourth-order valence-corrected chi connectivity index (χ4v) is 1.30. The van der Waals surface area contributed by atoms with Gasteiger partial charge >= 0.3 is 0 Å². The highest BCUT2D eigenvalue weighted by atomic mass is 35.5. The maximum absolute atomic E-state index is 4.36. The van der Waals surface area contributed by atoms with Crippen molar-refractivity contribution in [2.75, 3.05) is 19.0 Å². The lowest BCUT2D eigenvalue weighted by atomic mass is 10.2. The van der Waals surface area contributed by atoms with Crippen molar-refractivity contribution in [1.82, 2.24) is 4.98 Å². The van der Waals surface area contributed by atoms with Gasteiger partial charge in [-0.2, -0.15) is 0 Å². The Morgan fingerprint density at radius 3 is 2.57 bits per heavy atom. The molecule has 0 radical (unpaired) electrons. The van der Waals surface area contributed by atoms with E-state index in [2.05, 4.69) is 22.0 Å². The number of halogens is 1. The number of nitrogens with zero attached hydrogens (tertiary/aromatic N) is 2. The number of hydrogen-bond donors (Lipinski definition) is 0. The van der Waals surface area contributed by atoms with Crippen LogP contribution in [-0.2, 0) is 0 Å². The molecular formula is C11H13ClN2. The molecule has 0 spiro atoms. The van der Waals surface area contributed by atoms with Crippen molar-refractivity contribution < 1.29 is 0 Å². The van der Waals surface area contributed by atoms with Crippen LogP contribution in [-0.4, -0.2) is 19.1 Å². The molecule has 0 aliphatic heterocycles. The molecule has 0 atom stereocenters. The van der Waals surface area contributed by atoms with E-state index in [9.17, 15) is 0 Å². The lowest BCUT2D eigenvalue weighted by molar-refractivity contribution is 1.12. The molecule has 14 heavy (non-hydrogen) atoms. The van der Waals surface area contributed by atoms with Gasteiger partial charge in [-0.05, 0) is 12.1 Å². The van der Waals surface area contributed by atoms with Crippen molar-refractivity contribution in [2.24, 2.45) is 0 Å². The molecule has 1 aromatic carbocycles. The van der Waals surface area contributed by atoms with E-state index in [1.807, 2.05) is 38.5 Å². The first-order valence-corrected chi connectivity index (χ1v) is 4.29. The SMILES string of the molecule is CN(C)c1cnc2ccccc2c1.Cl. The molecule has 0 saturated carbocycles. The molecule has 0 aliphatic rings. The normalized spacial score (nSPS) is 9.57. The number of rotatable bonds is 1. The molecule has 2 nitrogen and oxygen atoms in total. The average molecular weight is 209 g/mol. The summed E-state index contributed by atoms with van der Waals surface area (Å²) in [4.78, 5) is 6.42. The molecule has 1 heterocycles. The molecule has 3 heteroatoms. The molecule has 0 unspecified atom stereocenters. The fourth-order valence-electron chi connectivity index (χ4n) is 1.30. The van der Waals surface area contributed by atoms with Crippen LogP contribution in [0.2, 0.25) is 0 Å². The van der Waals surface area contributed by atoms with Crippen molar-refractivity contribution in [2.45, 2.75) is 0 Å². The van der Waals surface area contributed by atoms with Crippen molar-refractivity contribution in [3.8, 4) is 0 Å². The quantitative estimate of drug-likeness (QED) is 0.717. The van der Waals surface area contributed by atoms with E-state index in [-0.39, 0.29) is 12.4 Å². The monoisotopic (exact) mass is 208 g/mol. The molecule has 0 fully saturated rings. The molecule has 0 amide bonds. The van der Waals surface area contributed by atoms with Gasteiger partial charge in [-0.15, -0.1) is 12.4 Å². The highest BCUT2D eigenvalue weighted by Gasteiger charge is 1.97. The summed E-state index contributed by atoms with van der Waals surface area (Å²) in [6, 6.07) is 10.3. The maximum Gasteiger partial charge on any atom is 0.0703 e. The van der Waals surface area contributed by atoms with Crippen LogP contribution in [0.3, 0.4) is 0 Å². The third-order valence-electron chi connectivity index (χ3n) is 2.09. The molecule has 1 aromatic heterocycles. The van der Waals surface area contributed by atoms with Crippen LogP contribution >= 0.6 is 12.4 Å². The van der Waals surface area contributed by atoms with Crippen molar-refractivity contribution in [3.63, 3.8) is 0 Å². The molecule has 0 N–H and O–H groups in total. The summed E-state index contributed by atoms with van der Waals surface area (Å²) in [7, 11) is 4.04. The Bertz CT molecular complexity index is 426.